The first-order chi connectivity index (χ1) is 12.0. The number of benzene rings is 1. The Morgan fingerprint density at radius 2 is 1.64 bits per heavy atom. The number of hydrogen-bond acceptors (Lipinski definition) is 6. The molecule has 0 N–H and O–H groups in total. The van der Waals surface area contributed by atoms with Crippen LogP contribution in [0.25, 0.3) is 0 Å². The highest BCUT2D eigenvalue weighted by molar-refractivity contribution is 6.01. The molecule has 0 aromatic heterocycles. The Bertz CT molecular complexity index is 590. The van der Waals surface area contributed by atoms with Crippen molar-refractivity contribution in [2.75, 3.05) is 39.4 Å². The van der Waals surface area contributed by atoms with Gasteiger partial charge in [0, 0.05) is 19.9 Å². The molecule has 7 heteroatoms. The van der Waals surface area contributed by atoms with Crippen LogP contribution in [-0.2, 0) is 23.7 Å². The van der Waals surface area contributed by atoms with Gasteiger partial charge in [-0.15, -0.1) is 0 Å². The molecule has 0 radical (unpaired) electrons. The van der Waals surface area contributed by atoms with E-state index in [1.54, 1.807) is 26.2 Å². The van der Waals surface area contributed by atoms with Crippen molar-refractivity contribution < 1.29 is 28.5 Å². The van der Waals surface area contributed by atoms with Crippen molar-refractivity contribution in [1.82, 2.24) is 0 Å². The largest absolute Gasteiger partial charge is 0.497 e. The van der Waals surface area contributed by atoms with Crippen LogP contribution in [0.15, 0.2) is 24.3 Å². The maximum Gasteiger partial charge on any atom is 0.229 e. The summed E-state index contributed by atoms with van der Waals surface area (Å²) < 4.78 is 28.0. The Hall–Kier alpha value is -1.67. The van der Waals surface area contributed by atoms with Gasteiger partial charge in [-0.3, -0.25) is 4.79 Å². The highest BCUT2D eigenvalue weighted by Gasteiger charge is 2.57. The van der Waals surface area contributed by atoms with Gasteiger partial charge in [-0.1, -0.05) is 0 Å². The molecular weight excluding hydrogens is 326 g/mol. The molecule has 0 spiro atoms. The van der Waals surface area contributed by atoms with Gasteiger partial charge in [0.2, 0.25) is 5.91 Å². The van der Waals surface area contributed by atoms with Crippen molar-refractivity contribution in [3.8, 4) is 5.75 Å². The third-order valence-electron chi connectivity index (χ3n) is 4.75. The minimum Gasteiger partial charge on any atom is -0.497 e. The Morgan fingerprint density at radius 3 is 2.08 bits per heavy atom. The first-order valence-electron chi connectivity index (χ1n) is 8.32. The summed E-state index contributed by atoms with van der Waals surface area (Å²) in [6.07, 6.45) is -0.0891. The number of methoxy groups -OCH3 is 3. The number of β-lactam (4-membered cyclic amide) rings is 1. The molecule has 0 aliphatic carbocycles. The minimum atomic E-state index is -0.903. The van der Waals surface area contributed by atoms with E-state index in [1.807, 2.05) is 31.2 Å². The first-order valence-corrected chi connectivity index (χ1v) is 8.32. The van der Waals surface area contributed by atoms with Crippen molar-refractivity contribution in [2.24, 2.45) is 0 Å². The van der Waals surface area contributed by atoms with Crippen LogP contribution in [-0.4, -0.2) is 64.5 Å². The van der Waals surface area contributed by atoms with E-state index in [9.17, 15) is 4.79 Å². The van der Waals surface area contributed by atoms with Gasteiger partial charge in [-0.05, 0) is 31.2 Å². The summed E-state index contributed by atoms with van der Waals surface area (Å²) in [7, 11) is 4.86. The van der Waals surface area contributed by atoms with E-state index in [2.05, 4.69) is 0 Å². The molecule has 2 aliphatic heterocycles. The smallest absolute Gasteiger partial charge is 0.229 e. The molecule has 2 saturated heterocycles. The fourth-order valence-electron chi connectivity index (χ4n) is 3.45. The Morgan fingerprint density at radius 1 is 1.08 bits per heavy atom. The summed E-state index contributed by atoms with van der Waals surface area (Å²) in [5.41, 5.74) is 0.800. The second kappa shape index (κ2) is 7.29. The lowest BCUT2D eigenvalue weighted by molar-refractivity contribution is -0.194. The van der Waals surface area contributed by atoms with Crippen molar-refractivity contribution in [3.63, 3.8) is 0 Å². The second-order valence-electron chi connectivity index (χ2n) is 6.42. The molecule has 1 amide bonds. The summed E-state index contributed by atoms with van der Waals surface area (Å²) in [6.45, 7) is 2.69. The topological polar surface area (TPSA) is 66.5 Å². The number of ether oxygens (including phenoxy) is 5. The average Bonchev–Trinajstić information content (AvgIpc) is 2.90. The van der Waals surface area contributed by atoms with Crippen molar-refractivity contribution in [1.29, 1.82) is 0 Å². The normalized spacial score (nSPS) is 28.1. The van der Waals surface area contributed by atoms with Crippen LogP contribution in [0.1, 0.15) is 13.3 Å². The summed E-state index contributed by atoms with van der Waals surface area (Å²) >= 11 is 0. The molecule has 1 aromatic carbocycles. The minimum absolute atomic E-state index is 0.0436. The summed E-state index contributed by atoms with van der Waals surface area (Å²) in [4.78, 5) is 14.0. The van der Waals surface area contributed by atoms with Crippen LogP contribution in [0.4, 0.5) is 5.69 Å². The van der Waals surface area contributed by atoms with Crippen molar-refractivity contribution >= 4 is 11.6 Å². The van der Waals surface area contributed by atoms with Crippen LogP contribution < -0.4 is 9.64 Å². The van der Waals surface area contributed by atoms with Crippen LogP contribution >= 0.6 is 0 Å². The van der Waals surface area contributed by atoms with Crippen molar-refractivity contribution in [3.05, 3.63) is 24.3 Å². The summed E-state index contributed by atoms with van der Waals surface area (Å²) in [6, 6.07) is 7.19. The third-order valence-corrected chi connectivity index (χ3v) is 4.75. The van der Waals surface area contributed by atoms with Crippen molar-refractivity contribution in [2.45, 2.75) is 37.4 Å². The Kier molecular flexibility index (Phi) is 5.29. The highest BCUT2D eigenvalue weighted by atomic mass is 16.8. The number of anilines is 1. The van der Waals surface area contributed by atoms with E-state index in [0.717, 1.165) is 11.4 Å². The molecule has 1 aromatic rings. The number of carbonyl (C=O) groups excluding carboxylic acids is 1. The molecule has 138 valence electrons. The van der Waals surface area contributed by atoms with E-state index < -0.39 is 5.79 Å². The molecule has 7 nitrogen and oxygen atoms in total. The van der Waals surface area contributed by atoms with Gasteiger partial charge in [0.15, 0.2) is 5.79 Å². The number of hydrogen-bond donors (Lipinski definition) is 0. The predicted octanol–water partition coefficient (Wildman–Crippen LogP) is 1.59. The fourth-order valence-corrected chi connectivity index (χ4v) is 3.45. The van der Waals surface area contributed by atoms with E-state index in [-0.39, 0.29) is 24.2 Å². The number of carbonyl (C=O) groups is 1. The molecule has 0 unspecified atom stereocenters. The molecule has 2 heterocycles. The standard InChI is InChI=1S/C18H25NO6/c1-18(24-14(10-21-2)15(25-18)11-22-3)16-9-17(20)19(16)12-5-7-13(23-4)8-6-12/h5-8,14-16H,9-11H2,1-4H3/t14-,15-,16-/m0/s1. The van der Waals surface area contributed by atoms with Gasteiger partial charge in [0.25, 0.3) is 0 Å². The first kappa shape index (κ1) is 18.1. The Labute approximate surface area is 147 Å². The molecule has 3 atom stereocenters. The van der Waals surface area contributed by atoms with Gasteiger partial charge in [-0.25, -0.2) is 0 Å². The Balaban J connectivity index is 1.78. The van der Waals surface area contributed by atoms with E-state index >= 15 is 0 Å². The van der Waals surface area contributed by atoms with E-state index in [4.69, 9.17) is 23.7 Å². The van der Waals surface area contributed by atoms with Crippen LogP contribution in [0.5, 0.6) is 5.75 Å². The zero-order chi connectivity index (χ0) is 18.0. The predicted molar refractivity (Wildman–Crippen MR) is 90.8 cm³/mol. The molecular formula is C18H25NO6. The number of nitrogens with zero attached hydrogens (tertiary/aromatic N) is 1. The van der Waals surface area contributed by atoms with Gasteiger partial charge < -0.3 is 28.6 Å². The third kappa shape index (κ3) is 3.37. The van der Waals surface area contributed by atoms with Crippen LogP contribution in [0.3, 0.4) is 0 Å². The number of rotatable bonds is 7. The monoisotopic (exact) mass is 351 g/mol. The number of amides is 1. The molecule has 3 rings (SSSR count). The second-order valence-corrected chi connectivity index (χ2v) is 6.42. The van der Waals surface area contributed by atoms with Gasteiger partial charge >= 0.3 is 0 Å². The molecule has 2 aliphatic rings. The zero-order valence-electron chi connectivity index (χ0n) is 15.1. The van der Waals surface area contributed by atoms with Crippen LogP contribution in [0, 0.1) is 0 Å². The zero-order valence-corrected chi connectivity index (χ0v) is 15.1. The molecule has 0 bridgehead atoms. The molecule has 0 saturated carbocycles. The lowest BCUT2D eigenvalue weighted by atomic mass is 9.93. The summed E-state index contributed by atoms with van der Waals surface area (Å²) in [5.74, 6) is -0.115. The highest BCUT2D eigenvalue weighted by Crippen LogP contribution is 2.42. The maximum absolute atomic E-state index is 12.2. The maximum atomic E-state index is 12.2. The SMILES string of the molecule is COC[C@@H]1OC(C)([C@@H]2CC(=O)N2c2ccc(OC)cc2)O[C@H]1COC. The van der Waals surface area contributed by atoms with Crippen LogP contribution in [0.2, 0.25) is 0 Å². The van der Waals surface area contributed by atoms with Gasteiger partial charge in [0.05, 0.1) is 32.8 Å². The quantitative estimate of drug-likeness (QED) is 0.695. The molecule has 2 fully saturated rings. The molecule has 25 heavy (non-hydrogen) atoms. The fraction of sp³-hybridized carbons (Fsp3) is 0.611. The average molecular weight is 351 g/mol. The lowest BCUT2D eigenvalue weighted by Gasteiger charge is -2.47. The van der Waals surface area contributed by atoms with Gasteiger partial charge in [-0.2, -0.15) is 0 Å². The lowest BCUT2D eigenvalue weighted by Crippen LogP contribution is -2.64. The van der Waals surface area contributed by atoms with E-state index in [0.29, 0.717) is 19.6 Å². The van der Waals surface area contributed by atoms with Gasteiger partial charge in [0.1, 0.15) is 18.0 Å². The summed E-state index contributed by atoms with van der Waals surface area (Å²) in [5, 5.41) is 0. The van der Waals surface area contributed by atoms with E-state index in [1.165, 1.54) is 0 Å².